The minimum absolute atomic E-state index is 0.105. The number of halogens is 1. The number of ether oxygens (including phenoxy) is 1. The first kappa shape index (κ1) is 22.6. The van der Waals surface area contributed by atoms with E-state index in [9.17, 15) is 14.0 Å². The maximum absolute atomic E-state index is 14.1. The molecule has 0 radical (unpaired) electrons. The first-order valence-electron chi connectivity index (χ1n) is 8.51. The van der Waals surface area contributed by atoms with Gasteiger partial charge in [-0.3, -0.25) is 9.63 Å². The van der Waals surface area contributed by atoms with Gasteiger partial charge in [-0.1, -0.05) is 19.9 Å². The highest BCUT2D eigenvalue weighted by Gasteiger charge is 2.15. The lowest BCUT2D eigenvalue weighted by atomic mass is 10.1. The molecular formula is C20H22FN3O4. The van der Waals surface area contributed by atoms with E-state index in [1.807, 2.05) is 19.9 Å². The molecule has 0 saturated carbocycles. The van der Waals surface area contributed by atoms with Crippen LogP contribution in [-0.4, -0.2) is 25.6 Å². The monoisotopic (exact) mass is 387 g/mol. The van der Waals surface area contributed by atoms with Gasteiger partial charge < -0.3 is 10.1 Å². The van der Waals surface area contributed by atoms with Crippen LogP contribution < -0.4 is 10.8 Å². The van der Waals surface area contributed by atoms with Crippen LogP contribution in [0.25, 0.3) is 0 Å². The molecule has 148 valence electrons. The first-order chi connectivity index (χ1) is 13.4. The molecule has 0 aliphatic carbocycles. The fourth-order valence-electron chi connectivity index (χ4n) is 2.06. The molecule has 0 aliphatic heterocycles. The summed E-state index contributed by atoms with van der Waals surface area (Å²) in [6.07, 6.45) is 0. The second kappa shape index (κ2) is 11.3. The van der Waals surface area contributed by atoms with Crippen LogP contribution in [0.15, 0.2) is 36.4 Å². The minimum Gasteiger partial charge on any atom is -0.467 e. The highest BCUT2D eigenvalue weighted by atomic mass is 19.1. The van der Waals surface area contributed by atoms with Crippen LogP contribution in [0.5, 0.6) is 0 Å². The molecule has 8 heteroatoms. The number of aryl methyl sites for hydroxylation is 1. The number of hydrogen-bond donors (Lipinski definition) is 2. The Hall–Kier alpha value is -3.44. The van der Waals surface area contributed by atoms with Crippen LogP contribution >= 0.6 is 0 Å². The quantitative estimate of drug-likeness (QED) is 0.580. The highest BCUT2D eigenvalue weighted by Crippen LogP contribution is 2.25. The molecule has 7 nitrogen and oxygen atoms in total. The third kappa shape index (κ3) is 6.37. The number of esters is 1. The number of nitrogens with zero attached hydrogens (tertiary/aromatic N) is 1. The lowest BCUT2D eigenvalue weighted by molar-refractivity contribution is -0.147. The number of benzene rings is 2. The average Bonchev–Trinajstić information content (AvgIpc) is 2.71. The van der Waals surface area contributed by atoms with Crippen molar-refractivity contribution >= 4 is 23.3 Å². The fourth-order valence-corrected chi connectivity index (χ4v) is 2.06. The van der Waals surface area contributed by atoms with Crippen LogP contribution in [0.3, 0.4) is 0 Å². The second-order valence-electron chi connectivity index (χ2n) is 5.28. The number of hydroxylamine groups is 1. The minimum atomic E-state index is -0.673. The molecule has 28 heavy (non-hydrogen) atoms. The Kier molecular flexibility index (Phi) is 9.13. The maximum Gasteiger partial charge on any atom is 0.334 e. The van der Waals surface area contributed by atoms with Crippen molar-refractivity contribution in [3.63, 3.8) is 0 Å². The van der Waals surface area contributed by atoms with Gasteiger partial charge in [-0.15, -0.1) is 0 Å². The molecule has 0 saturated heterocycles. The summed E-state index contributed by atoms with van der Waals surface area (Å²) in [5, 5.41) is 11.8. The molecule has 2 rings (SSSR count). The van der Waals surface area contributed by atoms with Crippen molar-refractivity contribution in [2.75, 3.05) is 19.0 Å². The zero-order valence-corrected chi connectivity index (χ0v) is 16.1. The van der Waals surface area contributed by atoms with E-state index < -0.39 is 24.3 Å². The molecule has 0 unspecified atom stereocenters. The molecule has 0 heterocycles. The third-order valence-electron chi connectivity index (χ3n) is 3.37. The van der Waals surface area contributed by atoms with Crippen molar-refractivity contribution in [2.24, 2.45) is 0 Å². The van der Waals surface area contributed by atoms with E-state index >= 15 is 0 Å². The Morgan fingerprint density at radius 1 is 1.14 bits per heavy atom. The van der Waals surface area contributed by atoms with E-state index in [0.717, 1.165) is 5.56 Å². The number of nitrogens with one attached hydrogen (secondary N) is 2. The van der Waals surface area contributed by atoms with Gasteiger partial charge in [-0.05, 0) is 42.8 Å². The van der Waals surface area contributed by atoms with Gasteiger partial charge in [0.25, 0.3) is 5.91 Å². The molecule has 0 atom stereocenters. The molecule has 2 aromatic carbocycles. The summed E-state index contributed by atoms with van der Waals surface area (Å²) in [5.41, 5.74) is 3.59. The number of anilines is 2. The van der Waals surface area contributed by atoms with Crippen molar-refractivity contribution < 1.29 is 23.6 Å². The Bertz CT molecular complexity index is 878. The van der Waals surface area contributed by atoms with Gasteiger partial charge in [0.15, 0.2) is 6.61 Å². The Morgan fingerprint density at radius 3 is 2.46 bits per heavy atom. The zero-order valence-electron chi connectivity index (χ0n) is 16.1. The molecule has 1 amide bonds. The molecule has 0 spiro atoms. The first-order valence-corrected chi connectivity index (χ1v) is 8.51. The molecular weight excluding hydrogens is 365 g/mol. The van der Waals surface area contributed by atoms with Gasteiger partial charge in [0, 0.05) is 0 Å². The van der Waals surface area contributed by atoms with Gasteiger partial charge >= 0.3 is 5.97 Å². The fraction of sp³-hybridized carbons (Fsp3) is 0.250. The number of nitriles is 1. The van der Waals surface area contributed by atoms with E-state index in [2.05, 4.69) is 15.5 Å². The normalized spacial score (nSPS) is 9.43. The van der Waals surface area contributed by atoms with Crippen molar-refractivity contribution in [3.05, 3.63) is 58.9 Å². The standard InChI is InChI=1S/C18H16FN3O4.C2H6/c1-11-3-6-15(14(19)7-11)21-16-8-12(9-20)4-5-13(16)18(24)22-26-10-17(23)25-2;1-2/h3-8,21H,10H2,1-2H3,(H,22,24);1-2H3. The molecule has 2 aromatic rings. The second-order valence-corrected chi connectivity index (χ2v) is 5.28. The molecule has 0 aromatic heterocycles. The van der Waals surface area contributed by atoms with Crippen LogP contribution in [0.2, 0.25) is 0 Å². The van der Waals surface area contributed by atoms with Gasteiger partial charge in [0.2, 0.25) is 0 Å². The van der Waals surface area contributed by atoms with E-state index in [0.29, 0.717) is 0 Å². The highest BCUT2D eigenvalue weighted by molar-refractivity contribution is 6.00. The molecule has 2 N–H and O–H groups in total. The maximum atomic E-state index is 14.1. The number of hydrogen-bond acceptors (Lipinski definition) is 6. The van der Waals surface area contributed by atoms with E-state index in [-0.39, 0.29) is 22.5 Å². The summed E-state index contributed by atoms with van der Waals surface area (Å²) in [7, 11) is 1.19. The molecule has 0 aliphatic rings. The Morgan fingerprint density at radius 2 is 1.86 bits per heavy atom. The summed E-state index contributed by atoms with van der Waals surface area (Å²) in [4.78, 5) is 28.0. The lowest BCUT2D eigenvalue weighted by Crippen LogP contribution is -2.27. The van der Waals surface area contributed by atoms with Gasteiger partial charge in [0.1, 0.15) is 5.82 Å². The SMILES string of the molecule is CC.COC(=O)CONC(=O)c1ccc(C#N)cc1Nc1ccc(C)cc1F. The van der Waals surface area contributed by atoms with Crippen LogP contribution in [0.1, 0.15) is 35.3 Å². The average molecular weight is 387 g/mol. The number of carbonyl (C=O) groups excluding carboxylic acids is 2. The predicted molar refractivity (Wildman–Crippen MR) is 102 cm³/mol. The Labute approximate surface area is 163 Å². The lowest BCUT2D eigenvalue weighted by Gasteiger charge is -2.13. The van der Waals surface area contributed by atoms with Crippen LogP contribution in [-0.2, 0) is 14.4 Å². The smallest absolute Gasteiger partial charge is 0.334 e. The summed E-state index contributed by atoms with van der Waals surface area (Å²) in [6.45, 7) is 5.29. The third-order valence-corrected chi connectivity index (χ3v) is 3.37. The summed E-state index contributed by atoms with van der Waals surface area (Å²) >= 11 is 0. The molecule has 0 fully saturated rings. The number of amides is 1. The Balaban J connectivity index is 0.00000190. The number of methoxy groups -OCH3 is 1. The number of rotatable bonds is 6. The van der Waals surface area contributed by atoms with Crippen molar-refractivity contribution in [3.8, 4) is 6.07 Å². The van der Waals surface area contributed by atoms with Crippen molar-refractivity contribution in [1.29, 1.82) is 5.26 Å². The van der Waals surface area contributed by atoms with Gasteiger partial charge in [0.05, 0.1) is 35.7 Å². The van der Waals surface area contributed by atoms with E-state index in [1.165, 1.54) is 37.4 Å². The molecule has 0 bridgehead atoms. The predicted octanol–water partition coefficient (Wildman–Crippen LogP) is 3.61. The van der Waals surface area contributed by atoms with Crippen molar-refractivity contribution in [2.45, 2.75) is 20.8 Å². The van der Waals surface area contributed by atoms with Gasteiger partial charge in [-0.25, -0.2) is 14.7 Å². The topological polar surface area (TPSA) is 100 Å². The van der Waals surface area contributed by atoms with E-state index in [4.69, 9.17) is 10.1 Å². The summed E-state index contributed by atoms with van der Waals surface area (Å²) in [6, 6.07) is 10.8. The largest absolute Gasteiger partial charge is 0.467 e. The van der Waals surface area contributed by atoms with Crippen LogP contribution in [0.4, 0.5) is 15.8 Å². The van der Waals surface area contributed by atoms with Crippen molar-refractivity contribution in [1.82, 2.24) is 5.48 Å². The van der Waals surface area contributed by atoms with E-state index in [1.54, 1.807) is 13.0 Å². The number of carbonyl (C=O) groups is 2. The van der Waals surface area contributed by atoms with Gasteiger partial charge in [-0.2, -0.15) is 5.26 Å². The summed E-state index contributed by atoms with van der Waals surface area (Å²) in [5.74, 6) is -1.83. The van der Waals surface area contributed by atoms with Crippen LogP contribution in [0, 0.1) is 24.1 Å². The summed E-state index contributed by atoms with van der Waals surface area (Å²) < 4.78 is 18.5. The zero-order chi connectivity index (χ0) is 21.1.